The molecule has 0 rings (SSSR count). The maximum absolute atomic E-state index is 12.8. The van der Waals surface area contributed by atoms with E-state index in [9.17, 15) is 14.4 Å². The van der Waals surface area contributed by atoms with Gasteiger partial charge in [-0.05, 0) is 83.5 Å². The van der Waals surface area contributed by atoms with Gasteiger partial charge in [-0.3, -0.25) is 14.4 Å². The maximum atomic E-state index is 12.8. The Balaban J connectivity index is 4.37. The number of ether oxygens (including phenoxy) is 3. The van der Waals surface area contributed by atoms with Crippen LogP contribution in [0.4, 0.5) is 0 Å². The molecule has 0 radical (unpaired) electrons. The first-order chi connectivity index (χ1) is 30.0. The minimum Gasteiger partial charge on any atom is -0.462 e. The van der Waals surface area contributed by atoms with Crippen molar-refractivity contribution in [2.45, 2.75) is 258 Å². The molecule has 0 spiro atoms. The van der Waals surface area contributed by atoms with Crippen LogP contribution in [0.25, 0.3) is 0 Å². The van der Waals surface area contributed by atoms with Gasteiger partial charge < -0.3 is 14.2 Å². The molecule has 0 heterocycles. The fraction of sp³-hybridized carbons (Fsp3) is 0.764. The van der Waals surface area contributed by atoms with Crippen molar-refractivity contribution in [3.05, 3.63) is 60.8 Å². The van der Waals surface area contributed by atoms with E-state index in [2.05, 4.69) is 81.5 Å². The van der Waals surface area contributed by atoms with Gasteiger partial charge >= 0.3 is 17.9 Å². The van der Waals surface area contributed by atoms with E-state index in [-0.39, 0.29) is 31.1 Å². The van der Waals surface area contributed by atoms with E-state index in [1.54, 1.807) is 0 Å². The zero-order chi connectivity index (χ0) is 44.4. The van der Waals surface area contributed by atoms with Gasteiger partial charge in [-0.1, -0.05) is 210 Å². The molecule has 0 aliphatic rings. The van der Waals surface area contributed by atoms with E-state index in [1.165, 1.54) is 103 Å². The van der Waals surface area contributed by atoms with Crippen LogP contribution in [-0.2, 0) is 28.6 Å². The lowest BCUT2D eigenvalue weighted by Crippen LogP contribution is -2.30. The van der Waals surface area contributed by atoms with Crippen LogP contribution in [0, 0.1) is 0 Å². The summed E-state index contributed by atoms with van der Waals surface area (Å²) in [7, 11) is 0. The van der Waals surface area contributed by atoms with Crippen molar-refractivity contribution in [2.24, 2.45) is 0 Å². The van der Waals surface area contributed by atoms with Gasteiger partial charge in [-0.15, -0.1) is 0 Å². The highest BCUT2D eigenvalue weighted by molar-refractivity contribution is 5.71. The molecule has 6 heteroatoms. The van der Waals surface area contributed by atoms with Crippen molar-refractivity contribution < 1.29 is 28.6 Å². The zero-order valence-electron chi connectivity index (χ0n) is 40.2. The van der Waals surface area contributed by atoms with Crippen LogP contribution in [0.5, 0.6) is 0 Å². The molecule has 0 aromatic carbocycles. The van der Waals surface area contributed by atoms with Gasteiger partial charge in [-0.2, -0.15) is 0 Å². The second kappa shape index (κ2) is 49.8. The van der Waals surface area contributed by atoms with Crippen LogP contribution < -0.4 is 0 Å². The summed E-state index contributed by atoms with van der Waals surface area (Å²) in [5, 5.41) is 0. The Morgan fingerprint density at radius 2 is 0.623 bits per heavy atom. The van der Waals surface area contributed by atoms with Crippen LogP contribution in [0.1, 0.15) is 252 Å². The summed E-state index contributed by atoms with van der Waals surface area (Å²) in [6.07, 6.45) is 60.5. The smallest absolute Gasteiger partial charge is 0.306 e. The van der Waals surface area contributed by atoms with Gasteiger partial charge in [-0.25, -0.2) is 0 Å². The topological polar surface area (TPSA) is 78.9 Å². The molecule has 0 saturated carbocycles. The van der Waals surface area contributed by atoms with E-state index >= 15 is 0 Å². The van der Waals surface area contributed by atoms with Crippen LogP contribution in [-0.4, -0.2) is 37.2 Å². The van der Waals surface area contributed by atoms with Gasteiger partial charge in [0.25, 0.3) is 0 Å². The largest absolute Gasteiger partial charge is 0.462 e. The Bertz CT molecular complexity index is 1120. The number of rotatable bonds is 46. The number of carbonyl (C=O) groups excluding carboxylic acids is 3. The second-order valence-corrected chi connectivity index (χ2v) is 17.1. The molecular weight excluding hydrogens is 757 g/mol. The highest BCUT2D eigenvalue weighted by Crippen LogP contribution is 2.14. The van der Waals surface area contributed by atoms with Gasteiger partial charge in [0.2, 0.25) is 0 Å². The first kappa shape index (κ1) is 58.1. The molecule has 0 N–H and O–H groups in total. The molecule has 0 amide bonds. The number of carbonyl (C=O) groups is 3. The molecule has 61 heavy (non-hydrogen) atoms. The number of hydrogen-bond donors (Lipinski definition) is 0. The van der Waals surface area contributed by atoms with Gasteiger partial charge in [0, 0.05) is 19.3 Å². The standard InChI is InChI=1S/C55H96O6/c1-4-7-10-13-16-19-22-24-25-26-27-28-29-31-33-36-39-42-45-48-54(57)60-51-52(50-59-53(56)47-44-41-38-35-32-21-18-15-12-9-6-3)61-55(58)49-46-43-40-37-34-30-23-20-17-14-11-8-5-2/h11,14,16,19-20,23-25,27-28,52H,4-10,12-13,15,17-18,21-22,26,29-51H2,1-3H3/b14-11-,19-16-,23-20-,25-24-,28-27-. The van der Waals surface area contributed by atoms with Gasteiger partial charge in [0.05, 0.1) is 0 Å². The third kappa shape index (κ3) is 48.0. The fourth-order valence-electron chi connectivity index (χ4n) is 7.07. The average Bonchev–Trinajstić information content (AvgIpc) is 3.26. The average molecular weight is 853 g/mol. The second-order valence-electron chi connectivity index (χ2n) is 17.1. The summed E-state index contributed by atoms with van der Waals surface area (Å²) in [4.78, 5) is 37.9. The van der Waals surface area contributed by atoms with Crippen LogP contribution in [0.3, 0.4) is 0 Å². The van der Waals surface area contributed by atoms with E-state index < -0.39 is 6.10 Å². The van der Waals surface area contributed by atoms with Crippen molar-refractivity contribution in [3.8, 4) is 0 Å². The maximum Gasteiger partial charge on any atom is 0.306 e. The normalized spacial score (nSPS) is 12.5. The lowest BCUT2D eigenvalue weighted by molar-refractivity contribution is -0.167. The Morgan fingerprint density at radius 1 is 0.328 bits per heavy atom. The molecule has 0 aromatic rings. The Labute approximate surface area is 377 Å². The number of hydrogen-bond acceptors (Lipinski definition) is 6. The molecule has 0 aliphatic carbocycles. The Kier molecular flexibility index (Phi) is 47.4. The Hall–Kier alpha value is -2.89. The molecule has 0 saturated heterocycles. The molecule has 1 atom stereocenters. The third-order valence-corrected chi connectivity index (χ3v) is 11.0. The number of unbranched alkanes of at least 4 members (excludes halogenated alkanes) is 25. The molecule has 1 unspecified atom stereocenters. The molecule has 0 bridgehead atoms. The minimum atomic E-state index is -0.784. The first-order valence-electron chi connectivity index (χ1n) is 25.8. The van der Waals surface area contributed by atoms with E-state index in [1.807, 2.05) is 0 Å². The van der Waals surface area contributed by atoms with Crippen LogP contribution in [0.15, 0.2) is 60.8 Å². The lowest BCUT2D eigenvalue weighted by Gasteiger charge is -2.18. The molecule has 0 aromatic heterocycles. The predicted octanol–water partition coefficient (Wildman–Crippen LogP) is 16.9. The summed E-state index contributed by atoms with van der Waals surface area (Å²) < 4.78 is 16.8. The van der Waals surface area contributed by atoms with Gasteiger partial charge in [0.1, 0.15) is 13.2 Å². The first-order valence-corrected chi connectivity index (χ1v) is 25.8. The molecule has 0 fully saturated rings. The SMILES string of the molecule is CCC/C=C\C/C=C\CCCCCCCC(=O)OC(COC(=O)CCCCCCCC/C=C\C/C=C\C/C=C\CCCCC)COC(=O)CCCCCCCCCCCCC. The van der Waals surface area contributed by atoms with Crippen LogP contribution >= 0.6 is 0 Å². The monoisotopic (exact) mass is 853 g/mol. The molecule has 0 aliphatic heterocycles. The molecular formula is C55H96O6. The van der Waals surface area contributed by atoms with Gasteiger partial charge in [0.15, 0.2) is 6.10 Å². The van der Waals surface area contributed by atoms with Crippen molar-refractivity contribution in [3.63, 3.8) is 0 Å². The number of esters is 3. The minimum absolute atomic E-state index is 0.0828. The lowest BCUT2D eigenvalue weighted by atomic mass is 10.1. The van der Waals surface area contributed by atoms with E-state index in [0.29, 0.717) is 19.3 Å². The van der Waals surface area contributed by atoms with Crippen molar-refractivity contribution in [1.29, 1.82) is 0 Å². The Morgan fingerprint density at radius 3 is 1.02 bits per heavy atom. The third-order valence-electron chi connectivity index (χ3n) is 11.0. The zero-order valence-corrected chi connectivity index (χ0v) is 40.2. The predicted molar refractivity (Wildman–Crippen MR) is 261 cm³/mol. The molecule has 6 nitrogen and oxygen atoms in total. The van der Waals surface area contributed by atoms with E-state index in [0.717, 1.165) is 109 Å². The summed E-state index contributed by atoms with van der Waals surface area (Å²) in [5.41, 5.74) is 0. The highest BCUT2D eigenvalue weighted by Gasteiger charge is 2.19. The number of allylic oxidation sites excluding steroid dienone is 10. The van der Waals surface area contributed by atoms with Crippen molar-refractivity contribution >= 4 is 17.9 Å². The van der Waals surface area contributed by atoms with Crippen molar-refractivity contribution in [2.75, 3.05) is 13.2 Å². The van der Waals surface area contributed by atoms with E-state index in [4.69, 9.17) is 14.2 Å². The fourth-order valence-corrected chi connectivity index (χ4v) is 7.07. The quantitative estimate of drug-likeness (QED) is 0.0263. The summed E-state index contributed by atoms with van der Waals surface area (Å²) in [6, 6.07) is 0. The summed E-state index contributed by atoms with van der Waals surface area (Å²) in [6.45, 7) is 6.52. The van der Waals surface area contributed by atoms with Crippen LogP contribution in [0.2, 0.25) is 0 Å². The van der Waals surface area contributed by atoms with Crippen molar-refractivity contribution in [1.82, 2.24) is 0 Å². The summed E-state index contributed by atoms with van der Waals surface area (Å²) >= 11 is 0. The highest BCUT2D eigenvalue weighted by atomic mass is 16.6. The summed E-state index contributed by atoms with van der Waals surface area (Å²) in [5.74, 6) is -0.908. The molecule has 352 valence electrons.